The number of rotatable bonds is 4. The van der Waals surface area contributed by atoms with E-state index in [1.807, 2.05) is 0 Å². The summed E-state index contributed by atoms with van der Waals surface area (Å²) in [5.74, 6) is 0. The number of nitrogens with one attached hydrogen (secondary N) is 1. The van der Waals surface area contributed by atoms with Crippen LogP contribution in [-0.2, 0) is 37.9 Å². The predicted molar refractivity (Wildman–Crippen MR) is 115 cm³/mol. The summed E-state index contributed by atoms with van der Waals surface area (Å²) < 4.78 is 0.750. The number of primary amides is 1. The molecule has 7 N–H and O–H groups in total. The summed E-state index contributed by atoms with van der Waals surface area (Å²) in [6, 6.07) is -0.464. The number of nitrogens with zero attached hydrogens (tertiary/aromatic N) is 2. The van der Waals surface area contributed by atoms with Crippen molar-refractivity contribution in [2.75, 3.05) is 5.32 Å². The van der Waals surface area contributed by atoms with Crippen LogP contribution in [0.4, 0.5) is 10.5 Å². The van der Waals surface area contributed by atoms with E-state index in [0.29, 0.717) is 10.7 Å². The van der Waals surface area contributed by atoms with Crippen LogP contribution in [0, 0.1) is 0 Å². The molecule has 10 heteroatoms. The number of amides is 2. The minimum absolute atomic E-state index is 0.147. The Morgan fingerprint density at radius 3 is 2.17 bits per heavy atom. The molecular weight excluding hydrogens is 410 g/mol. The number of carbonyl (C=O) groups excluding carboxylic acids is 1. The van der Waals surface area contributed by atoms with Gasteiger partial charge in [-0.05, 0) is 75.4 Å². The molecule has 0 unspecified atom stereocenters. The second-order valence-electron chi connectivity index (χ2n) is 7.62. The van der Waals surface area contributed by atoms with Crippen molar-refractivity contribution < 1.29 is 15.0 Å². The van der Waals surface area contributed by atoms with Gasteiger partial charge in [-0.3, -0.25) is 10.1 Å². The summed E-state index contributed by atoms with van der Waals surface area (Å²) in [5.41, 5.74) is 10.6. The zero-order valence-electron chi connectivity index (χ0n) is 16.6. The number of aliphatic hydroxyl groups excluding tert-OH is 1. The highest BCUT2D eigenvalue weighted by Crippen LogP contribution is 2.36. The van der Waals surface area contributed by atoms with Gasteiger partial charge >= 0.3 is 6.03 Å². The lowest BCUT2D eigenvalue weighted by Gasteiger charge is -2.13. The fourth-order valence-corrected chi connectivity index (χ4v) is 5.14. The molecule has 0 spiro atoms. The minimum Gasteiger partial charge on any atom is -0.390 e. The molecule has 0 saturated heterocycles. The summed E-state index contributed by atoms with van der Waals surface area (Å²) in [4.78, 5) is 19.9. The molecule has 0 fully saturated rings. The molecule has 0 aliphatic heterocycles. The summed E-state index contributed by atoms with van der Waals surface area (Å²) in [6.07, 6.45) is 6.39. The van der Waals surface area contributed by atoms with E-state index in [0.717, 1.165) is 60.4 Å². The van der Waals surface area contributed by atoms with Crippen LogP contribution in [0.2, 0.25) is 0 Å². The van der Waals surface area contributed by atoms with Crippen LogP contribution < -0.4 is 16.2 Å². The second-order valence-corrected chi connectivity index (χ2v) is 9.52. The number of nitrogens with two attached hydrogens (primary N) is 2. The van der Waals surface area contributed by atoms with Crippen molar-refractivity contribution in [3.63, 3.8) is 0 Å². The van der Waals surface area contributed by atoms with Gasteiger partial charge in [0.2, 0.25) is 0 Å². The van der Waals surface area contributed by atoms with E-state index in [1.54, 1.807) is 13.8 Å². The minimum atomic E-state index is -0.970. The van der Waals surface area contributed by atoms with Crippen molar-refractivity contribution in [1.29, 1.82) is 0 Å². The SMILES string of the molecule is CC(C)(O)c1nc(CO)c(SN)s1.NC(=O)Nc1c2c(nc3c1CCC3)CCC2. The van der Waals surface area contributed by atoms with Gasteiger partial charge in [0, 0.05) is 11.4 Å². The van der Waals surface area contributed by atoms with Gasteiger partial charge in [0.1, 0.15) is 14.8 Å². The summed E-state index contributed by atoms with van der Waals surface area (Å²) in [6.45, 7) is 3.15. The number of urea groups is 1. The highest BCUT2D eigenvalue weighted by atomic mass is 32.2. The van der Waals surface area contributed by atoms with Gasteiger partial charge in [-0.15, -0.1) is 11.3 Å². The first-order valence-electron chi connectivity index (χ1n) is 9.54. The monoisotopic (exact) mass is 437 g/mol. The number of aromatic nitrogens is 2. The smallest absolute Gasteiger partial charge is 0.316 e. The molecule has 158 valence electrons. The molecule has 2 heterocycles. The molecule has 4 rings (SSSR count). The summed E-state index contributed by atoms with van der Waals surface area (Å²) >= 11 is 2.35. The lowest BCUT2D eigenvalue weighted by atomic mass is 10.1. The van der Waals surface area contributed by atoms with Crippen molar-refractivity contribution in [2.24, 2.45) is 10.9 Å². The molecular formula is C19H27N5O3S2. The second kappa shape index (κ2) is 8.97. The number of hydrogen-bond donors (Lipinski definition) is 5. The lowest BCUT2D eigenvalue weighted by molar-refractivity contribution is 0.0779. The highest BCUT2D eigenvalue weighted by Gasteiger charge is 2.26. The molecule has 29 heavy (non-hydrogen) atoms. The molecule has 2 aromatic heterocycles. The van der Waals surface area contributed by atoms with Crippen LogP contribution in [0.15, 0.2) is 4.21 Å². The molecule has 0 radical (unpaired) electrons. The Balaban J connectivity index is 0.000000170. The van der Waals surface area contributed by atoms with E-state index in [4.69, 9.17) is 21.0 Å². The highest BCUT2D eigenvalue weighted by molar-refractivity contribution is 7.99. The number of anilines is 1. The van der Waals surface area contributed by atoms with Crippen molar-refractivity contribution in [3.8, 4) is 0 Å². The molecule has 0 bridgehead atoms. The van der Waals surface area contributed by atoms with Gasteiger partial charge in [0.15, 0.2) is 0 Å². The average Bonchev–Trinajstić information content (AvgIpc) is 3.39. The normalized spacial score (nSPS) is 14.8. The van der Waals surface area contributed by atoms with Gasteiger partial charge in [-0.1, -0.05) is 0 Å². The van der Waals surface area contributed by atoms with Crippen LogP contribution in [0.3, 0.4) is 0 Å². The van der Waals surface area contributed by atoms with Gasteiger partial charge in [0.25, 0.3) is 0 Å². The zero-order valence-corrected chi connectivity index (χ0v) is 18.3. The topological polar surface area (TPSA) is 147 Å². The van der Waals surface area contributed by atoms with Crippen molar-refractivity contribution in [3.05, 3.63) is 33.2 Å². The van der Waals surface area contributed by atoms with E-state index in [9.17, 15) is 9.90 Å². The van der Waals surface area contributed by atoms with Crippen LogP contribution >= 0.6 is 23.3 Å². The Morgan fingerprint density at radius 2 is 1.76 bits per heavy atom. The zero-order chi connectivity index (χ0) is 21.2. The van der Waals surface area contributed by atoms with E-state index >= 15 is 0 Å². The van der Waals surface area contributed by atoms with Crippen molar-refractivity contribution in [2.45, 2.75) is 68.8 Å². The molecule has 2 aliphatic rings. The number of thiazole rings is 1. The van der Waals surface area contributed by atoms with E-state index < -0.39 is 11.6 Å². The first kappa shape index (κ1) is 22.0. The maximum Gasteiger partial charge on any atom is 0.316 e. The fraction of sp³-hybridized carbons (Fsp3) is 0.526. The first-order chi connectivity index (χ1) is 13.7. The molecule has 2 aliphatic carbocycles. The third-order valence-corrected chi connectivity index (χ3v) is 7.13. The number of fused-ring (bicyclic) bond motifs is 2. The number of pyridine rings is 1. The van der Waals surface area contributed by atoms with Crippen LogP contribution in [0.1, 0.15) is 59.9 Å². The van der Waals surface area contributed by atoms with Crippen LogP contribution in [-0.4, -0.2) is 26.2 Å². The Bertz CT molecular complexity index is 854. The van der Waals surface area contributed by atoms with Gasteiger partial charge in [-0.25, -0.2) is 9.78 Å². The number of aryl methyl sites for hydroxylation is 2. The van der Waals surface area contributed by atoms with Gasteiger partial charge in [0.05, 0.1) is 18.0 Å². The Labute approximate surface area is 178 Å². The third-order valence-electron chi connectivity index (χ3n) is 4.94. The Hall–Kier alpha value is -1.72. The number of carbonyl (C=O) groups is 1. The molecule has 0 atom stereocenters. The lowest BCUT2D eigenvalue weighted by Crippen LogP contribution is -2.21. The standard InChI is InChI=1S/C12H15N3O.C7H12N2O2S2/c13-12(16)15-11-7-3-1-5-9(7)14-10-6-2-4-8(10)11;1-7(2,11)6-9-4(3-10)5(12-6)13-8/h1-6H2,(H3,13,14,15,16);10-11H,3,8H2,1-2H3. The first-order valence-corrected chi connectivity index (χ1v) is 11.2. The van der Waals surface area contributed by atoms with Crippen molar-refractivity contribution in [1.82, 2.24) is 9.97 Å². The largest absolute Gasteiger partial charge is 0.390 e. The third kappa shape index (κ3) is 4.89. The Morgan fingerprint density at radius 1 is 1.17 bits per heavy atom. The molecule has 0 aromatic carbocycles. The van der Waals surface area contributed by atoms with Gasteiger partial charge in [-0.2, -0.15) is 0 Å². The van der Waals surface area contributed by atoms with E-state index in [-0.39, 0.29) is 6.61 Å². The molecule has 2 amide bonds. The number of hydrogen-bond acceptors (Lipinski definition) is 8. The molecule has 2 aromatic rings. The van der Waals surface area contributed by atoms with Crippen LogP contribution in [0.5, 0.6) is 0 Å². The summed E-state index contributed by atoms with van der Waals surface area (Å²) in [7, 11) is 0. The van der Waals surface area contributed by atoms with E-state index in [1.165, 1.54) is 33.9 Å². The number of aliphatic hydroxyl groups is 2. The van der Waals surface area contributed by atoms with Crippen LogP contribution in [0.25, 0.3) is 0 Å². The Kier molecular flexibility index (Phi) is 6.79. The fourth-order valence-electron chi connectivity index (χ4n) is 3.65. The van der Waals surface area contributed by atoms with Gasteiger partial charge < -0.3 is 21.3 Å². The maximum atomic E-state index is 11.1. The molecule has 8 nitrogen and oxygen atoms in total. The maximum absolute atomic E-state index is 11.1. The predicted octanol–water partition coefficient (Wildman–Crippen LogP) is 2.38. The quantitative estimate of drug-likeness (QED) is 0.461. The van der Waals surface area contributed by atoms with E-state index in [2.05, 4.69) is 10.3 Å². The average molecular weight is 438 g/mol. The summed E-state index contributed by atoms with van der Waals surface area (Å²) in [5, 5.41) is 27.3. The molecule has 0 saturated carbocycles. The van der Waals surface area contributed by atoms with Crippen molar-refractivity contribution >= 4 is 35.0 Å².